The number of hydrogen-bond donors (Lipinski definition) is 0. The van der Waals surface area contributed by atoms with E-state index in [0.29, 0.717) is 6.61 Å². The molecule has 0 saturated heterocycles. The molecule has 64 valence electrons. The van der Waals surface area contributed by atoms with Crippen molar-refractivity contribution < 1.29 is 9.53 Å². The first-order chi connectivity index (χ1) is 5.74. The van der Waals surface area contributed by atoms with Gasteiger partial charge in [0.25, 0.3) is 0 Å². The Morgan fingerprint density at radius 1 is 1.50 bits per heavy atom. The summed E-state index contributed by atoms with van der Waals surface area (Å²) in [6.45, 7) is 2.05. The third-order valence-corrected chi connectivity index (χ3v) is 1.28. The lowest BCUT2D eigenvalue weighted by Crippen LogP contribution is -2.14. The summed E-state index contributed by atoms with van der Waals surface area (Å²) in [5, 5.41) is 0. The first-order valence-electron chi connectivity index (χ1n) is 3.59. The molecular weight excluding hydrogens is 158 g/mol. The second-order valence-electron chi connectivity index (χ2n) is 2.14. The van der Waals surface area contributed by atoms with Crippen LogP contribution in [0, 0.1) is 0 Å². The summed E-state index contributed by atoms with van der Waals surface area (Å²) in [7, 11) is 0. The van der Waals surface area contributed by atoms with Gasteiger partial charge in [-0.05, 0) is 6.92 Å². The van der Waals surface area contributed by atoms with Crippen LogP contribution in [-0.4, -0.2) is 17.3 Å². The lowest BCUT2D eigenvalue weighted by atomic mass is 10.5. The lowest BCUT2D eigenvalue weighted by Gasteiger charge is -2.02. The van der Waals surface area contributed by atoms with Gasteiger partial charge in [-0.3, -0.25) is 9.36 Å². The van der Waals surface area contributed by atoms with Crippen molar-refractivity contribution in [2.75, 3.05) is 6.61 Å². The van der Waals surface area contributed by atoms with Crippen molar-refractivity contribution in [2.24, 2.45) is 0 Å². The van der Waals surface area contributed by atoms with Crippen LogP contribution in [0.25, 0.3) is 0 Å². The van der Waals surface area contributed by atoms with E-state index in [4.69, 9.17) is 0 Å². The van der Waals surface area contributed by atoms with Gasteiger partial charge in [0.2, 0.25) is 0 Å². The number of hydrogen-bond acceptors (Lipinski definition) is 3. The van der Waals surface area contributed by atoms with Gasteiger partial charge in [-0.15, -0.1) is 0 Å². The van der Waals surface area contributed by atoms with Gasteiger partial charge in [-0.25, -0.2) is 4.79 Å². The molecule has 0 saturated carbocycles. The van der Waals surface area contributed by atoms with Crippen LogP contribution >= 0.6 is 0 Å². The monoisotopic (exact) mass is 167 g/mol. The van der Waals surface area contributed by atoms with E-state index < -0.39 is 6.09 Å². The van der Waals surface area contributed by atoms with Crippen LogP contribution in [0.1, 0.15) is 6.92 Å². The molecule has 0 amide bonds. The van der Waals surface area contributed by atoms with Gasteiger partial charge in [-0.1, -0.05) is 0 Å². The number of aromatic nitrogens is 1. The minimum Gasteiger partial charge on any atom is -0.449 e. The van der Waals surface area contributed by atoms with Crippen LogP contribution in [-0.2, 0) is 4.74 Å². The highest BCUT2D eigenvalue weighted by atomic mass is 16.5. The summed E-state index contributed by atoms with van der Waals surface area (Å²) in [5.74, 6) is 0. The van der Waals surface area contributed by atoms with Crippen molar-refractivity contribution in [2.45, 2.75) is 6.92 Å². The van der Waals surface area contributed by atoms with E-state index in [1.54, 1.807) is 6.92 Å². The summed E-state index contributed by atoms with van der Waals surface area (Å²) in [6, 6.07) is 2.60. The molecule has 0 spiro atoms. The average molecular weight is 167 g/mol. The summed E-state index contributed by atoms with van der Waals surface area (Å²) in [6.07, 6.45) is 2.28. The van der Waals surface area contributed by atoms with Crippen LogP contribution in [0.5, 0.6) is 0 Å². The molecule has 4 heteroatoms. The van der Waals surface area contributed by atoms with Crippen molar-refractivity contribution in [3.05, 3.63) is 34.7 Å². The zero-order valence-electron chi connectivity index (χ0n) is 6.69. The Bertz CT molecular complexity index is 309. The molecule has 12 heavy (non-hydrogen) atoms. The van der Waals surface area contributed by atoms with E-state index in [1.165, 1.54) is 29.1 Å². The largest absolute Gasteiger partial charge is 0.449 e. The summed E-state index contributed by atoms with van der Waals surface area (Å²) in [5.41, 5.74) is -0.129. The molecule has 0 N–H and O–H groups in total. The van der Waals surface area contributed by atoms with Gasteiger partial charge < -0.3 is 4.74 Å². The topological polar surface area (TPSA) is 48.3 Å². The minimum atomic E-state index is -0.475. The Kier molecular flexibility index (Phi) is 2.63. The van der Waals surface area contributed by atoms with E-state index in [2.05, 4.69) is 4.74 Å². The fourth-order valence-electron chi connectivity index (χ4n) is 0.732. The number of nitrogens with zero attached hydrogens (tertiary/aromatic N) is 1. The molecule has 0 unspecified atom stereocenters. The molecule has 1 rings (SSSR count). The molecule has 0 fully saturated rings. The maximum Gasteiger partial charge on any atom is 0.417 e. The van der Waals surface area contributed by atoms with Crippen molar-refractivity contribution in [1.29, 1.82) is 0 Å². The van der Waals surface area contributed by atoms with Crippen molar-refractivity contribution in [3.63, 3.8) is 0 Å². The molecule has 1 aromatic heterocycles. The van der Waals surface area contributed by atoms with E-state index in [0.717, 1.165) is 0 Å². The average Bonchev–Trinajstić information content (AvgIpc) is 2.06. The van der Waals surface area contributed by atoms with E-state index >= 15 is 0 Å². The molecule has 4 nitrogen and oxygen atoms in total. The number of pyridine rings is 1. The van der Waals surface area contributed by atoms with Crippen LogP contribution in [0.2, 0.25) is 0 Å². The molecule has 1 heterocycles. The summed E-state index contributed by atoms with van der Waals surface area (Å²) < 4.78 is 5.90. The van der Waals surface area contributed by atoms with E-state index in [9.17, 15) is 9.59 Å². The second-order valence-corrected chi connectivity index (χ2v) is 2.14. The second kappa shape index (κ2) is 3.71. The van der Waals surface area contributed by atoms with Crippen molar-refractivity contribution in [1.82, 2.24) is 4.57 Å². The molecule has 0 bridgehead atoms. The highest BCUT2D eigenvalue weighted by Gasteiger charge is 2.00. The van der Waals surface area contributed by atoms with Gasteiger partial charge in [0, 0.05) is 24.5 Å². The summed E-state index contributed by atoms with van der Waals surface area (Å²) >= 11 is 0. The van der Waals surface area contributed by atoms with Crippen LogP contribution in [0.3, 0.4) is 0 Å². The van der Waals surface area contributed by atoms with Crippen LogP contribution < -0.4 is 5.43 Å². The Hall–Kier alpha value is -1.58. The molecule has 0 aliphatic heterocycles. The normalized spacial score (nSPS) is 9.42. The zero-order valence-corrected chi connectivity index (χ0v) is 6.69. The third-order valence-electron chi connectivity index (χ3n) is 1.28. The quantitative estimate of drug-likeness (QED) is 0.623. The smallest absolute Gasteiger partial charge is 0.417 e. The molecule has 1 aromatic rings. The number of carbonyl (C=O) groups excluding carboxylic acids is 1. The lowest BCUT2D eigenvalue weighted by molar-refractivity contribution is 0.153. The van der Waals surface area contributed by atoms with Crippen LogP contribution in [0.4, 0.5) is 4.79 Å². The van der Waals surface area contributed by atoms with Gasteiger partial charge in [0.15, 0.2) is 5.43 Å². The zero-order chi connectivity index (χ0) is 8.97. The van der Waals surface area contributed by atoms with E-state index in [-0.39, 0.29) is 5.43 Å². The fourth-order valence-corrected chi connectivity index (χ4v) is 0.732. The predicted octanol–water partition coefficient (Wildman–Crippen LogP) is 0.853. The SMILES string of the molecule is CCOC(=O)n1ccc(=O)cc1. The minimum absolute atomic E-state index is 0.129. The van der Waals surface area contributed by atoms with Gasteiger partial charge >= 0.3 is 6.09 Å². The van der Waals surface area contributed by atoms with Gasteiger partial charge in [0.1, 0.15) is 0 Å². The highest BCUT2D eigenvalue weighted by Crippen LogP contribution is 1.87. The van der Waals surface area contributed by atoms with Gasteiger partial charge in [0.05, 0.1) is 6.61 Å². The number of carbonyl (C=O) groups is 1. The maximum atomic E-state index is 11.0. The Morgan fingerprint density at radius 2 is 2.08 bits per heavy atom. The Balaban J connectivity index is 2.82. The molecule has 0 radical (unpaired) electrons. The van der Waals surface area contributed by atoms with Crippen molar-refractivity contribution in [3.8, 4) is 0 Å². The molecule has 0 atom stereocenters. The Morgan fingerprint density at radius 3 is 2.58 bits per heavy atom. The molecule has 0 aliphatic rings. The Labute approximate surface area is 69.4 Å². The first kappa shape index (κ1) is 8.52. The maximum absolute atomic E-state index is 11.0. The molecule has 0 aliphatic carbocycles. The third kappa shape index (κ3) is 1.95. The van der Waals surface area contributed by atoms with E-state index in [1.807, 2.05) is 0 Å². The first-order valence-corrected chi connectivity index (χ1v) is 3.59. The van der Waals surface area contributed by atoms with Gasteiger partial charge in [-0.2, -0.15) is 0 Å². The fraction of sp³-hybridized carbons (Fsp3) is 0.250. The summed E-state index contributed by atoms with van der Waals surface area (Å²) in [4.78, 5) is 21.6. The highest BCUT2D eigenvalue weighted by molar-refractivity contribution is 5.70. The standard InChI is InChI=1S/C8H9NO3/c1-2-12-8(11)9-5-3-7(10)4-6-9/h3-6H,2H2,1H3. The molecule has 0 aromatic carbocycles. The number of ether oxygens (including phenoxy) is 1. The predicted molar refractivity (Wildman–Crippen MR) is 43.1 cm³/mol. The van der Waals surface area contributed by atoms with Crippen LogP contribution in [0.15, 0.2) is 29.3 Å². The van der Waals surface area contributed by atoms with Crippen molar-refractivity contribution >= 4 is 6.09 Å². The number of rotatable bonds is 1. The molecular formula is C8H9NO3.